The second kappa shape index (κ2) is 8.29. The van der Waals surface area contributed by atoms with E-state index in [1.165, 1.54) is 13.8 Å². The molecule has 1 unspecified atom stereocenters. The molecule has 0 aromatic heterocycles. The minimum absolute atomic E-state index is 0.175. The van der Waals surface area contributed by atoms with Crippen LogP contribution in [0.25, 0.3) is 0 Å². The summed E-state index contributed by atoms with van der Waals surface area (Å²) in [4.78, 5) is 34.3. The van der Waals surface area contributed by atoms with Crippen LogP contribution in [0.2, 0.25) is 0 Å². The topological polar surface area (TPSA) is 81.7 Å². The van der Waals surface area contributed by atoms with Crippen LogP contribution in [0.15, 0.2) is 12.7 Å². The Morgan fingerprint density at radius 2 is 1.89 bits per heavy atom. The molecular formula is C13H21NO5. The number of hydrogen-bond donors (Lipinski definition) is 1. The third kappa shape index (κ3) is 6.03. The van der Waals surface area contributed by atoms with Gasteiger partial charge in [-0.15, -0.1) is 6.58 Å². The summed E-state index contributed by atoms with van der Waals surface area (Å²) in [5, 5.41) is 2.53. The van der Waals surface area contributed by atoms with Gasteiger partial charge in [-0.2, -0.15) is 0 Å². The van der Waals surface area contributed by atoms with Crippen molar-refractivity contribution in [3.63, 3.8) is 0 Å². The van der Waals surface area contributed by atoms with Crippen LogP contribution in [0, 0.1) is 0 Å². The van der Waals surface area contributed by atoms with Crippen LogP contribution in [0.4, 0.5) is 0 Å². The second-order valence-electron chi connectivity index (χ2n) is 4.09. The van der Waals surface area contributed by atoms with Crippen LogP contribution >= 0.6 is 0 Å². The van der Waals surface area contributed by atoms with Crippen molar-refractivity contribution in [1.82, 2.24) is 5.32 Å². The number of rotatable bonds is 8. The van der Waals surface area contributed by atoms with Gasteiger partial charge >= 0.3 is 11.9 Å². The fourth-order valence-corrected chi connectivity index (χ4v) is 1.56. The number of hydrogen-bond acceptors (Lipinski definition) is 5. The maximum Gasteiger partial charge on any atom is 0.335 e. The van der Waals surface area contributed by atoms with Gasteiger partial charge < -0.3 is 14.8 Å². The van der Waals surface area contributed by atoms with Crippen LogP contribution in [-0.2, 0) is 23.9 Å². The molecule has 0 fully saturated rings. The molecule has 6 nitrogen and oxygen atoms in total. The molecule has 0 aromatic carbocycles. The molecule has 108 valence electrons. The van der Waals surface area contributed by atoms with Crippen molar-refractivity contribution in [2.75, 3.05) is 13.2 Å². The molecule has 0 aliphatic heterocycles. The van der Waals surface area contributed by atoms with Gasteiger partial charge in [-0.3, -0.25) is 9.59 Å². The van der Waals surface area contributed by atoms with Crippen molar-refractivity contribution in [2.24, 2.45) is 0 Å². The second-order valence-corrected chi connectivity index (χ2v) is 4.09. The van der Waals surface area contributed by atoms with Crippen molar-refractivity contribution in [3.05, 3.63) is 12.7 Å². The van der Waals surface area contributed by atoms with Crippen molar-refractivity contribution in [3.8, 4) is 0 Å². The standard InChI is InChI=1S/C13H21NO5/c1-5-7-8-13(14-10(3)15,9-19-11(4)16)12(17)18-6-2/h5H,1,6-9H2,2-4H3,(H,14,15). The summed E-state index contributed by atoms with van der Waals surface area (Å²) in [6, 6.07) is 0. The first-order valence-corrected chi connectivity index (χ1v) is 6.08. The Balaban J connectivity index is 5.15. The summed E-state index contributed by atoms with van der Waals surface area (Å²) >= 11 is 0. The Kier molecular flexibility index (Phi) is 7.48. The van der Waals surface area contributed by atoms with Gasteiger partial charge in [-0.25, -0.2) is 4.79 Å². The molecule has 0 heterocycles. The highest BCUT2D eigenvalue weighted by molar-refractivity contribution is 5.87. The predicted octanol–water partition coefficient (Wildman–Crippen LogP) is 0.954. The first-order valence-electron chi connectivity index (χ1n) is 6.08. The summed E-state index contributed by atoms with van der Waals surface area (Å²) in [5.74, 6) is -1.55. The van der Waals surface area contributed by atoms with Gasteiger partial charge in [-0.1, -0.05) is 6.08 Å². The lowest BCUT2D eigenvalue weighted by atomic mass is 9.94. The van der Waals surface area contributed by atoms with Gasteiger partial charge in [0, 0.05) is 13.8 Å². The van der Waals surface area contributed by atoms with E-state index < -0.39 is 23.4 Å². The number of allylic oxidation sites excluding steroid dienone is 1. The molecule has 0 bridgehead atoms. The summed E-state index contributed by atoms with van der Waals surface area (Å²) in [5.41, 5.74) is -1.36. The quantitative estimate of drug-likeness (QED) is 0.525. The molecule has 0 radical (unpaired) electrons. The van der Waals surface area contributed by atoms with E-state index in [0.717, 1.165) is 0 Å². The molecule has 1 amide bonds. The van der Waals surface area contributed by atoms with E-state index in [0.29, 0.717) is 6.42 Å². The Morgan fingerprint density at radius 3 is 2.32 bits per heavy atom. The van der Waals surface area contributed by atoms with Gasteiger partial charge in [0.25, 0.3) is 0 Å². The Labute approximate surface area is 113 Å². The van der Waals surface area contributed by atoms with Gasteiger partial charge in [0.2, 0.25) is 5.91 Å². The summed E-state index contributed by atoms with van der Waals surface area (Å²) in [6.45, 7) is 7.67. The summed E-state index contributed by atoms with van der Waals surface area (Å²) < 4.78 is 9.84. The maximum absolute atomic E-state index is 12.1. The van der Waals surface area contributed by atoms with Crippen LogP contribution < -0.4 is 5.32 Å². The molecule has 0 aromatic rings. The number of carbonyl (C=O) groups excluding carboxylic acids is 3. The smallest absolute Gasteiger partial charge is 0.335 e. The number of carbonyl (C=O) groups is 3. The maximum atomic E-state index is 12.1. The van der Waals surface area contributed by atoms with Crippen molar-refractivity contribution >= 4 is 17.8 Å². The third-order valence-corrected chi connectivity index (χ3v) is 2.38. The Bertz CT molecular complexity index is 353. The number of ether oxygens (including phenoxy) is 2. The monoisotopic (exact) mass is 271 g/mol. The van der Waals surface area contributed by atoms with E-state index in [2.05, 4.69) is 11.9 Å². The van der Waals surface area contributed by atoms with Gasteiger partial charge in [-0.05, 0) is 19.8 Å². The zero-order valence-electron chi connectivity index (χ0n) is 11.7. The van der Waals surface area contributed by atoms with Crippen LogP contribution in [0.1, 0.15) is 33.6 Å². The van der Waals surface area contributed by atoms with Gasteiger partial charge in [0.05, 0.1) is 6.61 Å². The van der Waals surface area contributed by atoms with E-state index in [-0.39, 0.29) is 19.6 Å². The fraction of sp³-hybridized carbons (Fsp3) is 0.615. The van der Waals surface area contributed by atoms with E-state index in [9.17, 15) is 14.4 Å². The largest absolute Gasteiger partial charge is 0.464 e. The minimum Gasteiger partial charge on any atom is -0.464 e. The average molecular weight is 271 g/mol. The number of amides is 1. The van der Waals surface area contributed by atoms with Crippen molar-refractivity contribution in [2.45, 2.75) is 39.2 Å². The lowest BCUT2D eigenvalue weighted by Gasteiger charge is -2.31. The average Bonchev–Trinajstić information content (AvgIpc) is 2.32. The molecule has 19 heavy (non-hydrogen) atoms. The van der Waals surface area contributed by atoms with Gasteiger partial charge in [0.15, 0.2) is 5.54 Å². The van der Waals surface area contributed by atoms with Crippen LogP contribution in [0.3, 0.4) is 0 Å². The molecule has 0 aliphatic carbocycles. The Morgan fingerprint density at radius 1 is 1.26 bits per heavy atom. The molecule has 0 saturated carbocycles. The van der Waals surface area contributed by atoms with Gasteiger partial charge in [0.1, 0.15) is 6.61 Å². The number of esters is 2. The normalized spacial score (nSPS) is 13.0. The lowest BCUT2D eigenvalue weighted by Crippen LogP contribution is -2.58. The minimum atomic E-state index is -1.36. The molecule has 0 rings (SSSR count). The van der Waals surface area contributed by atoms with E-state index >= 15 is 0 Å². The van der Waals surface area contributed by atoms with E-state index in [4.69, 9.17) is 9.47 Å². The predicted molar refractivity (Wildman–Crippen MR) is 69.2 cm³/mol. The van der Waals surface area contributed by atoms with Crippen molar-refractivity contribution in [1.29, 1.82) is 0 Å². The first-order chi connectivity index (χ1) is 8.88. The van der Waals surface area contributed by atoms with E-state index in [1.807, 2.05) is 0 Å². The van der Waals surface area contributed by atoms with Crippen molar-refractivity contribution < 1.29 is 23.9 Å². The number of nitrogens with one attached hydrogen (secondary N) is 1. The highest BCUT2D eigenvalue weighted by Crippen LogP contribution is 2.17. The third-order valence-electron chi connectivity index (χ3n) is 2.38. The summed E-state index contributed by atoms with van der Waals surface area (Å²) in [7, 11) is 0. The highest BCUT2D eigenvalue weighted by Gasteiger charge is 2.41. The van der Waals surface area contributed by atoms with Crippen LogP contribution in [-0.4, -0.2) is 36.6 Å². The molecule has 0 spiro atoms. The van der Waals surface area contributed by atoms with E-state index in [1.54, 1.807) is 13.0 Å². The molecule has 0 saturated heterocycles. The zero-order valence-corrected chi connectivity index (χ0v) is 11.7. The molecule has 1 atom stereocenters. The SMILES string of the molecule is C=CCCC(COC(C)=O)(NC(C)=O)C(=O)OCC. The highest BCUT2D eigenvalue weighted by atomic mass is 16.6. The molecular weight excluding hydrogens is 250 g/mol. The van der Waals surface area contributed by atoms with Crippen LogP contribution in [0.5, 0.6) is 0 Å². The molecule has 1 N–H and O–H groups in total. The zero-order chi connectivity index (χ0) is 14.9. The summed E-state index contributed by atoms with van der Waals surface area (Å²) in [6.07, 6.45) is 2.34. The fourth-order valence-electron chi connectivity index (χ4n) is 1.56. The first kappa shape index (κ1) is 17.2. The molecule has 6 heteroatoms. The lowest BCUT2D eigenvalue weighted by molar-refractivity contribution is -0.160. The molecule has 0 aliphatic rings. The Hall–Kier alpha value is -1.85.